The number of hydrogen-bond acceptors (Lipinski definition) is 4. The summed E-state index contributed by atoms with van der Waals surface area (Å²) in [7, 11) is 0. The van der Waals surface area contributed by atoms with Gasteiger partial charge in [-0.2, -0.15) is 0 Å². The first-order valence-electron chi connectivity index (χ1n) is 21.2. The number of hydrogen-bond donors (Lipinski definition) is 4. The maximum Gasteiger partial charge on any atom is 0.118 e. The molecule has 13 rings (SSSR count). The van der Waals surface area contributed by atoms with E-state index < -0.39 is 11.3 Å². The number of benzene rings is 11. The third-order valence-electron chi connectivity index (χ3n) is 13.9. The van der Waals surface area contributed by atoms with Gasteiger partial charge in [0.05, 0.1) is 0 Å². The average molecular weight is 793 g/mol. The third-order valence-corrected chi connectivity index (χ3v) is 13.9. The Labute approximate surface area is 358 Å². The van der Waals surface area contributed by atoms with E-state index in [4.69, 9.17) is 22.9 Å². The predicted octanol–water partition coefficient (Wildman–Crippen LogP) is 12.7. The lowest BCUT2D eigenvalue weighted by molar-refractivity contribution is 0.584. The second-order valence-electron chi connectivity index (χ2n) is 17.3. The van der Waals surface area contributed by atoms with Gasteiger partial charge in [0.1, 0.15) is 11.3 Å². The number of fused-ring (bicyclic) bond motifs is 13. The molecule has 2 aliphatic carbocycles. The lowest BCUT2D eigenvalue weighted by atomic mass is 9.79. The molecule has 8 N–H and O–H groups in total. The van der Waals surface area contributed by atoms with Crippen molar-refractivity contribution in [3.63, 3.8) is 0 Å². The highest BCUT2D eigenvalue weighted by atomic mass is 15.0. The lowest BCUT2D eigenvalue weighted by Crippen LogP contribution is -2.45. The molecule has 0 saturated carbocycles. The number of nitrogens with two attached hydrogens (primary N) is 4. The van der Waals surface area contributed by atoms with Crippen LogP contribution in [0.1, 0.15) is 22.3 Å². The molecule has 11 aromatic carbocycles. The van der Waals surface area contributed by atoms with Crippen LogP contribution in [-0.2, 0) is 11.3 Å². The van der Waals surface area contributed by atoms with Crippen LogP contribution in [0.3, 0.4) is 0 Å². The first kappa shape index (κ1) is 35.3. The van der Waals surface area contributed by atoms with Crippen LogP contribution in [0.2, 0.25) is 0 Å². The van der Waals surface area contributed by atoms with Crippen molar-refractivity contribution in [3.8, 4) is 55.6 Å². The van der Waals surface area contributed by atoms with Crippen molar-refractivity contribution in [3.05, 3.63) is 216 Å². The van der Waals surface area contributed by atoms with Gasteiger partial charge in [-0.1, -0.05) is 170 Å². The highest BCUT2D eigenvalue weighted by Crippen LogP contribution is 2.57. The normalized spacial score (nSPS) is 14.4. The molecule has 0 bridgehead atoms. The molecule has 4 nitrogen and oxygen atoms in total. The largest absolute Gasteiger partial charge is 0.306 e. The van der Waals surface area contributed by atoms with Gasteiger partial charge in [-0.05, 0) is 156 Å². The van der Waals surface area contributed by atoms with Gasteiger partial charge in [-0.25, -0.2) is 0 Å². The van der Waals surface area contributed by atoms with Crippen LogP contribution in [0.4, 0.5) is 0 Å². The second kappa shape index (κ2) is 12.6. The fourth-order valence-electron chi connectivity index (χ4n) is 11.0. The zero-order chi connectivity index (χ0) is 41.5. The Bertz CT molecular complexity index is 3760. The zero-order valence-electron chi connectivity index (χ0n) is 33.8. The molecule has 0 unspecified atom stereocenters. The van der Waals surface area contributed by atoms with Gasteiger partial charge >= 0.3 is 0 Å². The first-order valence-corrected chi connectivity index (χ1v) is 21.2. The van der Waals surface area contributed by atoms with Crippen LogP contribution >= 0.6 is 0 Å². The van der Waals surface area contributed by atoms with Crippen LogP contribution in [0.5, 0.6) is 0 Å². The molecule has 62 heavy (non-hydrogen) atoms. The molecular formula is C58H40N4. The molecule has 0 saturated heterocycles. The molecule has 0 aromatic heterocycles. The second-order valence-corrected chi connectivity index (χ2v) is 17.3. The van der Waals surface area contributed by atoms with Gasteiger partial charge < -0.3 is 22.9 Å². The molecule has 292 valence electrons. The average Bonchev–Trinajstić information content (AvgIpc) is 3.69. The minimum atomic E-state index is -1.25. The van der Waals surface area contributed by atoms with E-state index in [9.17, 15) is 0 Å². The topological polar surface area (TPSA) is 104 Å². The Morgan fingerprint density at radius 1 is 0.258 bits per heavy atom. The van der Waals surface area contributed by atoms with E-state index >= 15 is 0 Å². The van der Waals surface area contributed by atoms with Crippen LogP contribution < -0.4 is 22.9 Å². The van der Waals surface area contributed by atoms with Gasteiger partial charge in [0.15, 0.2) is 0 Å². The molecule has 0 spiro atoms. The highest BCUT2D eigenvalue weighted by molar-refractivity contribution is 6.29. The van der Waals surface area contributed by atoms with Gasteiger partial charge in [-0.3, -0.25) is 0 Å². The van der Waals surface area contributed by atoms with E-state index in [1.165, 1.54) is 32.3 Å². The summed E-state index contributed by atoms with van der Waals surface area (Å²) in [5.74, 6) is 0. The summed E-state index contributed by atoms with van der Waals surface area (Å²) in [6.45, 7) is 0. The summed E-state index contributed by atoms with van der Waals surface area (Å²) in [6, 6.07) is 69.7. The summed E-state index contributed by atoms with van der Waals surface area (Å²) in [5, 5.41) is 11.5. The molecule has 0 aliphatic heterocycles. The Hall–Kier alpha value is -7.44. The molecular weight excluding hydrogens is 753 g/mol. The van der Waals surface area contributed by atoms with Gasteiger partial charge in [0, 0.05) is 0 Å². The Morgan fingerprint density at radius 2 is 0.645 bits per heavy atom. The van der Waals surface area contributed by atoms with E-state index in [0.717, 1.165) is 99.4 Å². The Kier molecular flexibility index (Phi) is 7.15. The maximum atomic E-state index is 7.42. The summed E-state index contributed by atoms with van der Waals surface area (Å²) >= 11 is 0. The van der Waals surface area contributed by atoms with Crippen molar-refractivity contribution in [2.24, 2.45) is 22.9 Å². The first-order chi connectivity index (χ1) is 30.3. The standard InChI is InChI=1S/C58H40N4/c59-57(60)47-16-8-7-15-43(47)53-48(57)27-25-45-52(42-22-19-35-11-3-6-14-38(35)31-42)56-46(51(55(45)53)41-21-18-34-10-2-5-13-37(34)30-41)26-28-49-54(56)44-24-23-40(32-50(44)58(49,61)62)39-20-17-33-9-1-4-12-36(33)29-39/h1-32H,59-62H2. The van der Waals surface area contributed by atoms with E-state index in [2.05, 4.69) is 188 Å². The molecule has 0 atom stereocenters. The van der Waals surface area contributed by atoms with Crippen LogP contribution in [0, 0.1) is 0 Å². The summed E-state index contributed by atoms with van der Waals surface area (Å²) in [4.78, 5) is 0. The Balaban J connectivity index is 1.20. The van der Waals surface area contributed by atoms with Gasteiger partial charge in [-0.15, -0.1) is 0 Å². The van der Waals surface area contributed by atoms with Crippen molar-refractivity contribution in [1.29, 1.82) is 0 Å². The summed E-state index contributed by atoms with van der Waals surface area (Å²) < 4.78 is 0. The molecule has 2 aliphatic rings. The van der Waals surface area contributed by atoms with Crippen molar-refractivity contribution in [1.82, 2.24) is 0 Å². The monoisotopic (exact) mass is 792 g/mol. The predicted molar refractivity (Wildman–Crippen MR) is 259 cm³/mol. The fraction of sp³-hybridized carbons (Fsp3) is 0.0345. The van der Waals surface area contributed by atoms with E-state index in [1.54, 1.807) is 0 Å². The molecule has 0 amide bonds. The molecule has 0 radical (unpaired) electrons. The van der Waals surface area contributed by atoms with Crippen molar-refractivity contribution in [2.45, 2.75) is 11.3 Å². The van der Waals surface area contributed by atoms with Crippen LogP contribution in [-0.4, -0.2) is 0 Å². The zero-order valence-corrected chi connectivity index (χ0v) is 33.8. The minimum Gasteiger partial charge on any atom is -0.306 e. The molecule has 0 fully saturated rings. The van der Waals surface area contributed by atoms with Crippen LogP contribution in [0.25, 0.3) is 109 Å². The third kappa shape index (κ3) is 4.80. The van der Waals surface area contributed by atoms with E-state index in [1.807, 2.05) is 6.07 Å². The minimum absolute atomic E-state index is 0.899. The maximum absolute atomic E-state index is 7.42. The lowest BCUT2D eigenvalue weighted by Gasteiger charge is -2.25. The van der Waals surface area contributed by atoms with E-state index in [-0.39, 0.29) is 0 Å². The quantitative estimate of drug-likeness (QED) is 0.106. The van der Waals surface area contributed by atoms with Crippen LogP contribution in [0.15, 0.2) is 194 Å². The SMILES string of the molecule is NC1(N)c2ccccc2-c2c1ccc1c(-c3ccc4ccccc4c3)c3c4c(ccc3c(-c3ccc5ccccc5c3)c21)C(N)(N)c1cc(-c2ccc3ccccc3c2)ccc1-4. The summed E-state index contributed by atoms with van der Waals surface area (Å²) in [6.07, 6.45) is 0. The van der Waals surface area contributed by atoms with Gasteiger partial charge in [0.2, 0.25) is 0 Å². The smallest absolute Gasteiger partial charge is 0.118 e. The van der Waals surface area contributed by atoms with Crippen molar-refractivity contribution >= 4 is 53.9 Å². The summed E-state index contributed by atoms with van der Waals surface area (Å²) in [5.41, 5.74) is 41.3. The Morgan fingerprint density at radius 3 is 1.18 bits per heavy atom. The van der Waals surface area contributed by atoms with E-state index in [0.29, 0.717) is 0 Å². The van der Waals surface area contributed by atoms with Crippen molar-refractivity contribution < 1.29 is 0 Å². The molecule has 0 heterocycles. The van der Waals surface area contributed by atoms with Crippen molar-refractivity contribution in [2.75, 3.05) is 0 Å². The number of rotatable bonds is 3. The van der Waals surface area contributed by atoms with Gasteiger partial charge in [0.25, 0.3) is 0 Å². The molecule has 11 aromatic rings. The molecule has 4 heteroatoms. The highest BCUT2D eigenvalue weighted by Gasteiger charge is 2.42. The fourth-order valence-corrected chi connectivity index (χ4v) is 11.0.